The number of esters is 1. The fraction of sp³-hybridized carbons (Fsp3) is 0.364. The second-order valence-corrected chi connectivity index (χ2v) is 8.63. The number of thiocarbonyl (C=S) groups is 1. The predicted molar refractivity (Wildman–Crippen MR) is 123 cm³/mol. The Balaban J connectivity index is 1.67. The Hall–Kier alpha value is -1.82. The first kappa shape index (κ1) is 21.9. The van der Waals surface area contributed by atoms with Gasteiger partial charge in [0.15, 0.2) is 5.11 Å². The molecule has 1 fully saturated rings. The first-order valence-electron chi connectivity index (χ1n) is 9.62. The van der Waals surface area contributed by atoms with Crippen LogP contribution in [0.1, 0.15) is 48.0 Å². The van der Waals surface area contributed by atoms with E-state index in [-0.39, 0.29) is 5.54 Å². The van der Waals surface area contributed by atoms with Gasteiger partial charge in [-0.15, -0.1) is 0 Å². The minimum atomic E-state index is -0.418. The molecule has 2 aromatic rings. The van der Waals surface area contributed by atoms with Crippen molar-refractivity contribution in [1.29, 1.82) is 0 Å². The number of benzene rings is 2. The van der Waals surface area contributed by atoms with Crippen molar-refractivity contribution in [3.05, 3.63) is 63.6 Å². The summed E-state index contributed by atoms with van der Waals surface area (Å²) in [5.41, 5.74) is 2.21. The van der Waals surface area contributed by atoms with E-state index in [4.69, 9.17) is 40.2 Å². The Morgan fingerprint density at radius 2 is 1.83 bits per heavy atom. The first-order chi connectivity index (χ1) is 13.9. The third-order valence-electron chi connectivity index (χ3n) is 5.38. The highest BCUT2D eigenvalue weighted by Crippen LogP contribution is 2.34. The number of hydrogen-bond donors (Lipinski definition) is 2. The average molecular weight is 451 g/mol. The van der Waals surface area contributed by atoms with Gasteiger partial charge in [0.2, 0.25) is 0 Å². The molecule has 0 atom stereocenters. The van der Waals surface area contributed by atoms with Gasteiger partial charge in [-0.2, -0.15) is 0 Å². The van der Waals surface area contributed by atoms with Gasteiger partial charge in [0.05, 0.1) is 23.4 Å². The molecule has 29 heavy (non-hydrogen) atoms. The Morgan fingerprint density at radius 1 is 1.14 bits per heavy atom. The molecule has 0 radical (unpaired) electrons. The maximum Gasteiger partial charge on any atom is 0.337 e. The van der Waals surface area contributed by atoms with E-state index < -0.39 is 5.97 Å². The van der Waals surface area contributed by atoms with E-state index in [2.05, 4.69) is 22.8 Å². The van der Waals surface area contributed by atoms with Gasteiger partial charge in [-0.3, -0.25) is 0 Å². The zero-order valence-electron chi connectivity index (χ0n) is 16.3. The monoisotopic (exact) mass is 450 g/mol. The molecule has 0 saturated heterocycles. The number of hydrogen-bond acceptors (Lipinski definition) is 3. The molecule has 1 aliphatic carbocycles. The summed E-state index contributed by atoms with van der Waals surface area (Å²) in [5.74, 6) is -0.418. The zero-order valence-corrected chi connectivity index (χ0v) is 18.6. The molecule has 4 nitrogen and oxygen atoms in total. The number of carbonyl (C=O) groups excluding carboxylic acids is 1. The van der Waals surface area contributed by atoms with Gasteiger partial charge >= 0.3 is 5.97 Å². The number of carbonyl (C=O) groups is 1. The van der Waals surface area contributed by atoms with Crippen LogP contribution in [-0.4, -0.2) is 23.7 Å². The Morgan fingerprint density at radius 3 is 2.48 bits per heavy atom. The highest BCUT2D eigenvalue weighted by molar-refractivity contribution is 7.80. The summed E-state index contributed by atoms with van der Waals surface area (Å²) in [5, 5.41) is 8.43. The molecule has 2 N–H and O–H groups in total. The van der Waals surface area contributed by atoms with E-state index in [1.54, 1.807) is 18.2 Å². The molecule has 0 bridgehead atoms. The number of ether oxygens (including phenoxy) is 1. The number of anilines is 1. The molecule has 0 heterocycles. The fourth-order valence-electron chi connectivity index (χ4n) is 3.78. The quantitative estimate of drug-likeness (QED) is 0.416. The van der Waals surface area contributed by atoms with Gasteiger partial charge in [0.1, 0.15) is 0 Å². The van der Waals surface area contributed by atoms with Crippen molar-refractivity contribution in [1.82, 2.24) is 5.32 Å². The summed E-state index contributed by atoms with van der Waals surface area (Å²) < 4.78 is 4.77. The van der Waals surface area contributed by atoms with Crippen molar-refractivity contribution in [3.8, 4) is 0 Å². The molecule has 7 heteroatoms. The highest BCUT2D eigenvalue weighted by atomic mass is 35.5. The normalized spacial score (nSPS) is 15.0. The maximum absolute atomic E-state index is 11.8. The van der Waals surface area contributed by atoms with Gasteiger partial charge in [-0.1, -0.05) is 48.2 Å². The van der Waals surface area contributed by atoms with Crippen LogP contribution in [0.5, 0.6) is 0 Å². The lowest BCUT2D eigenvalue weighted by molar-refractivity contribution is 0.0601. The van der Waals surface area contributed by atoms with Crippen LogP contribution >= 0.6 is 35.4 Å². The SMILES string of the molecule is COC(=O)c1ccc(Cl)c(NC(=S)NC2(CCc3ccc(Cl)cc3)CCCC2)c1. The van der Waals surface area contributed by atoms with Crippen molar-refractivity contribution in [2.45, 2.75) is 44.1 Å². The standard InChI is InChI=1S/C22H24Cl2N2O2S/c1-28-20(27)16-6-9-18(24)19(14-16)25-21(29)26-22(11-2-3-12-22)13-10-15-4-7-17(23)8-5-15/h4-9,14H,2-3,10-13H2,1H3,(H2,25,26,29). The van der Waals surface area contributed by atoms with E-state index >= 15 is 0 Å². The van der Waals surface area contributed by atoms with Crippen molar-refractivity contribution in [2.75, 3.05) is 12.4 Å². The molecular formula is C22H24Cl2N2O2S. The lowest BCUT2D eigenvalue weighted by Gasteiger charge is -2.32. The van der Waals surface area contributed by atoms with E-state index in [0.29, 0.717) is 21.4 Å². The third kappa shape index (κ3) is 5.84. The lowest BCUT2D eigenvalue weighted by atomic mass is 9.89. The molecule has 0 unspecified atom stereocenters. The lowest BCUT2D eigenvalue weighted by Crippen LogP contribution is -2.48. The second kappa shape index (κ2) is 9.79. The number of methoxy groups -OCH3 is 1. The summed E-state index contributed by atoms with van der Waals surface area (Å²) in [7, 11) is 1.35. The van der Waals surface area contributed by atoms with Gasteiger partial charge in [0, 0.05) is 10.6 Å². The second-order valence-electron chi connectivity index (χ2n) is 7.38. The Kier molecular flexibility index (Phi) is 7.38. The van der Waals surface area contributed by atoms with Crippen LogP contribution in [0.2, 0.25) is 10.0 Å². The average Bonchev–Trinajstić information content (AvgIpc) is 3.17. The number of halogens is 2. The minimum absolute atomic E-state index is 0.0455. The molecule has 0 spiro atoms. The molecule has 3 rings (SSSR count). The van der Waals surface area contributed by atoms with E-state index in [1.165, 1.54) is 25.5 Å². The molecule has 0 amide bonds. The van der Waals surface area contributed by atoms with Gasteiger partial charge in [-0.05, 0) is 73.8 Å². The van der Waals surface area contributed by atoms with E-state index in [1.807, 2.05) is 12.1 Å². The molecule has 0 aliphatic heterocycles. The maximum atomic E-state index is 11.8. The Bertz CT molecular complexity index is 881. The summed E-state index contributed by atoms with van der Waals surface area (Å²) in [4.78, 5) is 11.8. The largest absolute Gasteiger partial charge is 0.465 e. The summed E-state index contributed by atoms with van der Waals surface area (Å²) in [6.07, 6.45) is 6.41. The van der Waals surface area contributed by atoms with Crippen LogP contribution in [0.15, 0.2) is 42.5 Å². The Labute approximate surface area is 186 Å². The summed E-state index contributed by atoms with van der Waals surface area (Å²) in [6.45, 7) is 0. The van der Waals surface area contributed by atoms with Gasteiger partial charge < -0.3 is 15.4 Å². The van der Waals surface area contributed by atoms with Crippen molar-refractivity contribution < 1.29 is 9.53 Å². The van der Waals surface area contributed by atoms with Crippen molar-refractivity contribution >= 4 is 52.2 Å². The van der Waals surface area contributed by atoms with Crippen molar-refractivity contribution in [3.63, 3.8) is 0 Å². The molecular weight excluding hydrogens is 427 g/mol. The van der Waals surface area contributed by atoms with Gasteiger partial charge in [-0.25, -0.2) is 4.79 Å². The van der Waals surface area contributed by atoms with Crippen LogP contribution in [-0.2, 0) is 11.2 Å². The zero-order chi connectivity index (χ0) is 20.9. The van der Waals surface area contributed by atoms with Crippen LogP contribution < -0.4 is 10.6 Å². The van der Waals surface area contributed by atoms with Crippen LogP contribution in [0.4, 0.5) is 5.69 Å². The van der Waals surface area contributed by atoms with Gasteiger partial charge in [0.25, 0.3) is 0 Å². The number of aryl methyl sites for hydroxylation is 1. The van der Waals surface area contributed by atoms with E-state index in [9.17, 15) is 4.79 Å². The number of nitrogens with one attached hydrogen (secondary N) is 2. The predicted octanol–water partition coefficient (Wildman–Crippen LogP) is 6.01. The fourth-order valence-corrected chi connectivity index (χ4v) is 4.40. The van der Waals surface area contributed by atoms with Crippen LogP contribution in [0, 0.1) is 0 Å². The topological polar surface area (TPSA) is 50.4 Å². The van der Waals surface area contributed by atoms with E-state index in [0.717, 1.165) is 30.7 Å². The summed E-state index contributed by atoms with van der Waals surface area (Å²) >= 11 is 17.8. The third-order valence-corrected chi connectivity index (χ3v) is 6.17. The molecule has 1 aliphatic rings. The smallest absolute Gasteiger partial charge is 0.337 e. The first-order valence-corrected chi connectivity index (χ1v) is 10.8. The van der Waals surface area contributed by atoms with Crippen LogP contribution in [0.25, 0.3) is 0 Å². The van der Waals surface area contributed by atoms with Crippen LogP contribution in [0.3, 0.4) is 0 Å². The summed E-state index contributed by atoms with van der Waals surface area (Å²) in [6, 6.07) is 12.9. The number of rotatable bonds is 6. The highest BCUT2D eigenvalue weighted by Gasteiger charge is 2.34. The molecule has 154 valence electrons. The van der Waals surface area contributed by atoms with Crippen molar-refractivity contribution in [2.24, 2.45) is 0 Å². The molecule has 1 saturated carbocycles. The molecule has 0 aromatic heterocycles. The minimum Gasteiger partial charge on any atom is -0.465 e. The molecule has 2 aromatic carbocycles.